The molecule has 37 heavy (non-hydrogen) atoms. The van der Waals surface area contributed by atoms with Crippen LogP contribution < -0.4 is 19.9 Å². The molecule has 0 amide bonds. The first-order valence-electron chi connectivity index (χ1n) is 11.9. The molecule has 0 atom stereocenters. The van der Waals surface area contributed by atoms with Crippen LogP contribution in [-0.2, 0) is 9.59 Å². The van der Waals surface area contributed by atoms with Crippen molar-refractivity contribution in [3.8, 4) is 22.5 Å². The van der Waals surface area contributed by atoms with E-state index >= 15 is 0 Å². The summed E-state index contributed by atoms with van der Waals surface area (Å²) in [5.41, 5.74) is 3.30. The summed E-state index contributed by atoms with van der Waals surface area (Å²) in [4.78, 5) is 36.4. The van der Waals surface area contributed by atoms with E-state index in [1.807, 2.05) is 45.9 Å². The molecule has 6 rings (SSSR count). The van der Waals surface area contributed by atoms with E-state index in [4.69, 9.17) is 4.42 Å². The third kappa shape index (κ3) is 3.79. The van der Waals surface area contributed by atoms with E-state index in [2.05, 4.69) is 0 Å². The summed E-state index contributed by atoms with van der Waals surface area (Å²) in [6.45, 7) is 1.61. The Balaban J connectivity index is 1.55. The van der Waals surface area contributed by atoms with Crippen molar-refractivity contribution in [3.05, 3.63) is 71.6 Å². The van der Waals surface area contributed by atoms with Crippen molar-refractivity contribution in [1.29, 1.82) is 0 Å². The minimum absolute atomic E-state index is 0.0588. The average molecular weight is 498 g/mol. The molecule has 0 aromatic heterocycles. The Hall–Kier alpha value is -4.66. The first kappa shape index (κ1) is 22.8. The lowest BCUT2D eigenvalue weighted by Crippen LogP contribution is -2.52. The van der Waals surface area contributed by atoms with Crippen LogP contribution in [0.1, 0.15) is 10.4 Å². The molecular formula is C28H22N2O7. The molecule has 0 radical (unpaired) electrons. The first-order valence-corrected chi connectivity index (χ1v) is 11.9. The first-order chi connectivity index (χ1) is 17.8. The van der Waals surface area contributed by atoms with Gasteiger partial charge in [0, 0.05) is 53.0 Å². The van der Waals surface area contributed by atoms with E-state index in [9.17, 15) is 29.7 Å². The second-order valence-corrected chi connectivity index (χ2v) is 9.55. The number of carbonyl (C=O) groups is 3. The summed E-state index contributed by atoms with van der Waals surface area (Å²) in [5.74, 6) is -3.23. The Kier molecular flexibility index (Phi) is 5.22. The number of carboxylic acid groups (broad SMARTS) is 3. The zero-order valence-electron chi connectivity index (χ0n) is 19.6. The van der Waals surface area contributed by atoms with Crippen LogP contribution >= 0.6 is 0 Å². The lowest BCUT2D eigenvalue weighted by molar-refractivity contribution is -0.254. The van der Waals surface area contributed by atoms with Crippen LogP contribution in [0.4, 0.5) is 5.69 Å². The van der Waals surface area contributed by atoms with Gasteiger partial charge in [0.25, 0.3) is 0 Å². The van der Waals surface area contributed by atoms with Crippen molar-refractivity contribution in [1.82, 2.24) is 4.58 Å². The molecule has 9 nitrogen and oxygen atoms in total. The number of hydrogen-bond donors (Lipinski definition) is 2. The standard InChI is InChI=1S/C28H22N2O7/c31-26(32)15-11-29(12-15)17-5-7-21-23(9-17)37-24-10-18(30-13-16(14-30)27(33)34)6-8-22(24)25(21)19-3-1-2-4-20(19)28(35)36/h1-10,15-16H,11-14H2,(H2-,31,32,33,34,35,36). The minimum Gasteiger partial charge on any atom is -0.545 e. The summed E-state index contributed by atoms with van der Waals surface area (Å²) in [6.07, 6.45) is 0. The smallest absolute Gasteiger partial charge is 0.319 e. The van der Waals surface area contributed by atoms with Crippen molar-refractivity contribution in [3.63, 3.8) is 0 Å². The van der Waals surface area contributed by atoms with Crippen molar-refractivity contribution in [2.75, 3.05) is 31.1 Å². The second-order valence-electron chi connectivity index (χ2n) is 9.55. The molecule has 1 aliphatic carbocycles. The Morgan fingerprint density at radius 1 is 0.892 bits per heavy atom. The highest BCUT2D eigenvalue weighted by Gasteiger charge is 2.38. The molecule has 0 saturated carbocycles. The topological polar surface area (TPSA) is 134 Å². The number of carboxylic acids is 3. The zero-order chi connectivity index (χ0) is 25.8. The fourth-order valence-corrected chi connectivity index (χ4v) is 5.12. The molecule has 2 aromatic carbocycles. The maximum absolute atomic E-state index is 12.0. The summed E-state index contributed by atoms with van der Waals surface area (Å²) in [7, 11) is 0. The van der Waals surface area contributed by atoms with Gasteiger partial charge in [-0.25, -0.2) is 4.58 Å². The zero-order valence-corrected chi connectivity index (χ0v) is 19.6. The summed E-state index contributed by atoms with van der Waals surface area (Å²) < 4.78 is 8.28. The average Bonchev–Trinajstić information content (AvgIpc) is 2.80. The lowest BCUT2D eigenvalue weighted by Gasteiger charge is -2.38. The van der Waals surface area contributed by atoms with Gasteiger partial charge in [0.15, 0.2) is 19.0 Å². The molecule has 186 valence electrons. The minimum atomic E-state index is -1.29. The van der Waals surface area contributed by atoms with E-state index in [0.29, 0.717) is 59.6 Å². The van der Waals surface area contributed by atoms with Gasteiger partial charge in [-0.2, -0.15) is 0 Å². The van der Waals surface area contributed by atoms with Crippen molar-refractivity contribution >= 4 is 34.6 Å². The predicted molar refractivity (Wildman–Crippen MR) is 132 cm³/mol. The number of aliphatic carboxylic acids is 2. The molecule has 2 N–H and O–H groups in total. The lowest BCUT2D eigenvalue weighted by atomic mass is 9.90. The molecule has 0 unspecified atom stereocenters. The van der Waals surface area contributed by atoms with Crippen LogP contribution in [-0.4, -0.2) is 54.3 Å². The summed E-state index contributed by atoms with van der Waals surface area (Å²) in [5, 5.41) is 32.0. The number of nitrogens with zero attached hydrogens (tertiary/aromatic N) is 2. The molecule has 3 aliphatic heterocycles. The van der Waals surface area contributed by atoms with Crippen LogP contribution in [0, 0.1) is 11.8 Å². The monoisotopic (exact) mass is 498 g/mol. The van der Waals surface area contributed by atoms with Crippen LogP contribution in [0.3, 0.4) is 0 Å². The summed E-state index contributed by atoms with van der Waals surface area (Å²) in [6, 6.07) is 17.8. The summed E-state index contributed by atoms with van der Waals surface area (Å²) >= 11 is 0. The number of anilines is 1. The Morgan fingerprint density at radius 3 is 2.32 bits per heavy atom. The van der Waals surface area contributed by atoms with Crippen molar-refractivity contribution in [2.45, 2.75) is 0 Å². The molecule has 9 heteroatoms. The van der Waals surface area contributed by atoms with Crippen LogP contribution in [0.5, 0.6) is 0 Å². The normalized spacial score (nSPS) is 17.5. The third-order valence-corrected chi connectivity index (χ3v) is 7.30. The van der Waals surface area contributed by atoms with Crippen LogP contribution in [0.25, 0.3) is 33.4 Å². The van der Waals surface area contributed by atoms with Gasteiger partial charge in [0.05, 0.1) is 18.0 Å². The Bertz CT molecular complexity index is 1640. The Labute approximate surface area is 210 Å². The Morgan fingerprint density at radius 2 is 1.62 bits per heavy atom. The van der Waals surface area contributed by atoms with E-state index < -0.39 is 29.7 Å². The van der Waals surface area contributed by atoms with Gasteiger partial charge in [-0.3, -0.25) is 9.59 Å². The van der Waals surface area contributed by atoms with E-state index in [-0.39, 0.29) is 5.56 Å². The fourth-order valence-electron chi connectivity index (χ4n) is 5.12. The van der Waals surface area contributed by atoms with Gasteiger partial charge in [0.2, 0.25) is 5.36 Å². The van der Waals surface area contributed by atoms with Gasteiger partial charge in [-0.15, -0.1) is 0 Å². The molecule has 0 spiro atoms. The van der Waals surface area contributed by atoms with Gasteiger partial charge in [-0.1, -0.05) is 24.3 Å². The van der Waals surface area contributed by atoms with Gasteiger partial charge >= 0.3 is 11.9 Å². The van der Waals surface area contributed by atoms with Gasteiger partial charge in [-0.05, 0) is 23.8 Å². The van der Waals surface area contributed by atoms with Gasteiger partial charge in [0.1, 0.15) is 11.3 Å². The fraction of sp³-hybridized carbons (Fsp3) is 0.214. The number of hydrogen-bond acceptors (Lipinski definition) is 6. The number of benzene rings is 3. The highest BCUT2D eigenvalue weighted by Crippen LogP contribution is 2.42. The molecule has 4 aliphatic rings. The molecule has 3 heterocycles. The van der Waals surface area contributed by atoms with E-state index in [1.54, 1.807) is 18.2 Å². The molecule has 2 fully saturated rings. The molecule has 2 saturated heterocycles. The van der Waals surface area contributed by atoms with Crippen LogP contribution in [0.15, 0.2) is 65.1 Å². The maximum Gasteiger partial charge on any atom is 0.319 e. The molecular weight excluding hydrogens is 476 g/mol. The predicted octanol–water partition coefficient (Wildman–Crippen LogP) is 1.58. The highest BCUT2D eigenvalue weighted by atomic mass is 16.4. The van der Waals surface area contributed by atoms with Crippen molar-refractivity contribution < 1.29 is 34.1 Å². The second kappa shape index (κ2) is 8.48. The van der Waals surface area contributed by atoms with E-state index in [0.717, 1.165) is 11.0 Å². The number of aromatic carboxylic acids is 1. The number of fused-ring (bicyclic) bond motifs is 2. The number of rotatable bonds is 5. The maximum atomic E-state index is 12.0. The SMILES string of the molecule is O=C([O-])c1ccccc1-c1c2ccc(=[N+]3CC(C(=O)O)C3)cc-2oc2cc(N3CC(C(=O)O)C3)ccc12. The number of carbonyl (C=O) groups excluding carboxylic acids is 1. The molecule has 2 aromatic rings. The largest absolute Gasteiger partial charge is 0.545 e. The van der Waals surface area contributed by atoms with Crippen molar-refractivity contribution in [2.24, 2.45) is 11.8 Å². The van der Waals surface area contributed by atoms with E-state index in [1.165, 1.54) is 6.07 Å². The highest BCUT2D eigenvalue weighted by molar-refractivity contribution is 6.07. The van der Waals surface area contributed by atoms with Crippen LogP contribution in [0.2, 0.25) is 0 Å². The quantitative estimate of drug-likeness (QED) is 0.313. The molecule has 0 bridgehead atoms. The van der Waals surface area contributed by atoms with Gasteiger partial charge < -0.3 is 29.4 Å². The third-order valence-electron chi connectivity index (χ3n) is 7.30.